The Morgan fingerprint density at radius 3 is 2.31 bits per heavy atom. The molecular formula is C22H26N2O4S. The van der Waals surface area contributed by atoms with E-state index in [1.54, 1.807) is 11.0 Å². The van der Waals surface area contributed by atoms with Gasteiger partial charge in [-0.1, -0.05) is 35.4 Å². The number of amides is 1. The topological polar surface area (TPSA) is 66.9 Å². The number of nitrogens with zero attached hydrogens (tertiary/aromatic N) is 2. The maximum atomic E-state index is 13.1. The summed E-state index contributed by atoms with van der Waals surface area (Å²) >= 11 is 0. The number of aryl methyl sites for hydroxylation is 3. The molecule has 7 heteroatoms. The minimum absolute atomic E-state index is 0.0742. The van der Waals surface area contributed by atoms with E-state index in [-0.39, 0.29) is 18.7 Å². The van der Waals surface area contributed by atoms with Crippen LogP contribution in [-0.4, -0.2) is 37.9 Å². The van der Waals surface area contributed by atoms with Gasteiger partial charge in [0.1, 0.15) is 6.61 Å². The van der Waals surface area contributed by atoms with Crippen molar-refractivity contribution in [3.8, 4) is 0 Å². The van der Waals surface area contributed by atoms with Gasteiger partial charge in [0.25, 0.3) is 0 Å². The Labute approximate surface area is 172 Å². The number of fused-ring (bicyclic) bond motifs is 1. The summed E-state index contributed by atoms with van der Waals surface area (Å²) in [6, 6.07) is 11.3. The maximum Gasteiger partial charge on any atom is 0.414 e. The molecule has 0 N–H and O–H groups in total. The standard InChI is InChI=1S/C22H26N2O4S/c1-15-5-7-21(17(3)12-15)29(26,27)23-10-8-19(9-11-23)24-20-6-4-16(2)13-18(20)14-28-22(24)25/h4-7,12-13,19H,8-11,14H2,1-3H3. The highest BCUT2D eigenvalue weighted by atomic mass is 32.2. The van der Waals surface area contributed by atoms with Gasteiger partial charge in [-0.15, -0.1) is 0 Å². The second kappa shape index (κ2) is 7.46. The second-order valence-corrected chi connectivity index (χ2v) is 9.87. The van der Waals surface area contributed by atoms with Gasteiger partial charge in [0.05, 0.1) is 10.6 Å². The molecule has 154 valence electrons. The third-order valence-electron chi connectivity index (χ3n) is 5.78. The van der Waals surface area contributed by atoms with Crippen molar-refractivity contribution in [2.75, 3.05) is 18.0 Å². The molecule has 4 rings (SSSR count). The first-order valence-electron chi connectivity index (χ1n) is 9.90. The molecule has 29 heavy (non-hydrogen) atoms. The van der Waals surface area contributed by atoms with Crippen LogP contribution in [0.15, 0.2) is 41.3 Å². The smallest absolute Gasteiger partial charge is 0.414 e. The lowest BCUT2D eigenvalue weighted by molar-refractivity contribution is 0.135. The minimum Gasteiger partial charge on any atom is -0.444 e. The quantitative estimate of drug-likeness (QED) is 0.763. The van der Waals surface area contributed by atoms with E-state index in [0.29, 0.717) is 30.8 Å². The van der Waals surface area contributed by atoms with E-state index in [1.165, 1.54) is 4.31 Å². The molecular weight excluding hydrogens is 388 g/mol. The lowest BCUT2D eigenvalue weighted by atomic mass is 10.0. The molecule has 0 aliphatic carbocycles. The summed E-state index contributed by atoms with van der Waals surface area (Å²) in [6.45, 7) is 6.83. The highest BCUT2D eigenvalue weighted by Gasteiger charge is 2.37. The molecule has 1 saturated heterocycles. The molecule has 0 spiro atoms. The van der Waals surface area contributed by atoms with Gasteiger partial charge in [0.15, 0.2) is 0 Å². The number of ether oxygens (including phenoxy) is 1. The average molecular weight is 415 g/mol. The fourth-order valence-electron chi connectivity index (χ4n) is 4.29. The first kappa shape index (κ1) is 19.9. The minimum atomic E-state index is -3.54. The Balaban J connectivity index is 1.53. The molecule has 2 aromatic rings. The zero-order valence-electron chi connectivity index (χ0n) is 17.0. The summed E-state index contributed by atoms with van der Waals surface area (Å²) in [4.78, 5) is 14.6. The van der Waals surface area contributed by atoms with Crippen molar-refractivity contribution in [2.45, 2.75) is 51.2 Å². The van der Waals surface area contributed by atoms with Crippen molar-refractivity contribution in [1.82, 2.24) is 4.31 Å². The van der Waals surface area contributed by atoms with Gasteiger partial charge in [-0.3, -0.25) is 4.90 Å². The van der Waals surface area contributed by atoms with Gasteiger partial charge in [0.2, 0.25) is 10.0 Å². The number of carbonyl (C=O) groups is 1. The molecule has 6 nitrogen and oxygen atoms in total. The van der Waals surface area contributed by atoms with Crippen LogP contribution in [0.4, 0.5) is 10.5 Å². The van der Waals surface area contributed by atoms with E-state index in [9.17, 15) is 13.2 Å². The van der Waals surface area contributed by atoms with Crippen LogP contribution in [0, 0.1) is 20.8 Å². The molecule has 2 aliphatic heterocycles. The van der Waals surface area contributed by atoms with Crippen molar-refractivity contribution < 1.29 is 17.9 Å². The number of benzene rings is 2. The lowest BCUT2D eigenvalue weighted by Gasteiger charge is -2.40. The Hall–Kier alpha value is -2.38. The van der Waals surface area contributed by atoms with Crippen molar-refractivity contribution in [1.29, 1.82) is 0 Å². The molecule has 0 aromatic heterocycles. The van der Waals surface area contributed by atoms with Gasteiger partial charge >= 0.3 is 6.09 Å². The lowest BCUT2D eigenvalue weighted by Crippen LogP contribution is -2.50. The van der Waals surface area contributed by atoms with E-state index in [1.807, 2.05) is 51.1 Å². The molecule has 0 saturated carbocycles. The summed E-state index contributed by atoms with van der Waals surface area (Å²) in [7, 11) is -3.54. The number of hydrogen-bond acceptors (Lipinski definition) is 4. The predicted molar refractivity (Wildman–Crippen MR) is 112 cm³/mol. The molecule has 2 aromatic carbocycles. The number of cyclic esters (lactones) is 1. The second-order valence-electron chi connectivity index (χ2n) is 7.96. The molecule has 2 heterocycles. The summed E-state index contributed by atoms with van der Waals surface area (Å²) in [5.41, 5.74) is 4.79. The number of hydrogen-bond donors (Lipinski definition) is 0. The Bertz CT molecular complexity index is 1060. The molecule has 1 amide bonds. The monoisotopic (exact) mass is 414 g/mol. The Morgan fingerprint density at radius 1 is 0.966 bits per heavy atom. The van der Waals surface area contributed by atoms with Crippen molar-refractivity contribution in [2.24, 2.45) is 0 Å². The summed E-state index contributed by atoms with van der Waals surface area (Å²) in [5.74, 6) is 0. The van der Waals surface area contributed by atoms with Crippen molar-refractivity contribution in [3.63, 3.8) is 0 Å². The normalized spacial score (nSPS) is 18.4. The van der Waals surface area contributed by atoms with Gasteiger partial charge in [-0.25, -0.2) is 13.2 Å². The molecule has 0 atom stereocenters. The fourth-order valence-corrected chi connectivity index (χ4v) is 5.96. The fraction of sp³-hybridized carbons (Fsp3) is 0.409. The van der Waals surface area contributed by atoms with Gasteiger partial charge in [0, 0.05) is 24.7 Å². The maximum absolute atomic E-state index is 13.1. The first-order chi connectivity index (χ1) is 13.8. The molecule has 0 radical (unpaired) electrons. The van der Waals surface area contributed by atoms with E-state index in [0.717, 1.165) is 27.9 Å². The Kier molecular flexibility index (Phi) is 5.12. The largest absolute Gasteiger partial charge is 0.444 e. The van der Waals surface area contributed by atoms with Crippen LogP contribution in [0.1, 0.15) is 35.1 Å². The van der Waals surface area contributed by atoms with Crippen LogP contribution in [-0.2, 0) is 21.4 Å². The summed E-state index contributed by atoms with van der Waals surface area (Å²) < 4.78 is 33.2. The highest BCUT2D eigenvalue weighted by molar-refractivity contribution is 7.89. The zero-order valence-corrected chi connectivity index (χ0v) is 17.8. The Morgan fingerprint density at radius 2 is 1.62 bits per heavy atom. The van der Waals surface area contributed by atoms with Crippen molar-refractivity contribution >= 4 is 21.8 Å². The van der Waals surface area contributed by atoms with Gasteiger partial charge in [-0.05, 0) is 51.3 Å². The van der Waals surface area contributed by atoms with Crippen LogP contribution in [0.25, 0.3) is 0 Å². The van der Waals surface area contributed by atoms with Crippen LogP contribution in [0.2, 0.25) is 0 Å². The zero-order chi connectivity index (χ0) is 20.8. The average Bonchev–Trinajstić information content (AvgIpc) is 2.68. The molecule has 0 bridgehead atoms. The molecule has 2 aliphatic rings. The van der Waals surface area contributed by atoms with Crippen LogP contribution < -0.4 is 4.90 Å². The van der Waals surface area contributed by atoms with E-state index < -0.39 is 10.0 Å². The van der Waals surface area contributed by atoms with Crippen molar-refractivity contribution in [3.05, 3.63) is 58.7 Å². The third-order valence-corrected chi connectivity index (χ3v) is 7.84. The van der Waals surface area contributed by atoms with E-state index in [4.69, 9.17) is 4.74 Å². The SMILES string of the molecule is Cc1ccc(S(=O)(=O)N2CCC(N3C(=O)OCc4cc(C)ccc43)CC2)c(C)c1. The van der Waals surface area contributed by atoms with Gasteiger partial charge in [-0.2, -0.15) is 4.31 Å². The number of anilines is 1. The number of carbonyl (C=O) groups excluding carboxylic acids is 1. The summed E-state index contributed by atoms with van der Waals surface area (Å²) in [6.07, 6.45) is 0.802. The van der Waals surface area contributed by atoms with Crippen LogP contribution in [0.3, 0.4) is 0 Å². The highest BCUT2D eigenvalue weighted by Crippen LogP contribution is 2.33. The number of rotatable bonds is 3. The van der Waals surface area contributed by atoms with Crippen LogP contribution >= 0.6 is 0 Å². The third kappa shape index (κ3) is 3.65. The van der Waals surface area contributed by atoms with E-state index in [2.05, 4.69) is 0 Å². The number of piperidine rings is 1. The molecule has 1 fully saturated rings. The van der Waals surface area contributed by atoms with Crippen LogP contribution in [0.5, 0.6) is 0 Å². The predicted octanol–water partition coefficient (Wildman–Crippen LogP) is 3.92. The van der Waals surface area contributed by atoms with E-state index >= 15 is 0 Å². The first-order valence-corrected chi connectivity index (χ1v) is 11.3. The molecule has 0 unspecified atom stereocenters. The van der Waals surface area contributed by atoms with Gasteiger partial charge < -0.3 is 4.74 Å². The summed E-state index contributed by atoms with van der Waals surface area (Å²) in [5, 5.41) is 0. The number of sulfonamides is 1.